The summed E-state index contributed by atoms with van der Waals surface area (Å²) < 4.78 is 7.03. The van der Waals surface area contributed by atoms with Crippen molar-refractivity contribution in [3.63, 3.8) is 0 Å². The topological polar surface area (TPSA) is 107 Å². The maximum absolute atomic E-state index is 12.9. The van der Waals surface area contributed by atoms with E-state index >= 15 is 0 Å². The second-order valence-corrected chi connectivity index (χ2v) is 6.27. The third kappa shape index (κ3) is 2.21. The molecule has 4 aromatic rings. The van der Waals surface area contributed by atoms with E-state index < -0.39 is 0 Å². The number of aromatic nitrogens is 3. The van der Waals surface area contributed by atoms with Crippen LogP contribution in [0.15, 0.2) is 41.6 Å². The zero-order valence-electron chi connectivity index (χ0n) is 13.1. The highest BCUT2D eigenvalue weighted by Gasteiger charge is 2.17. The molecule has 0 aliphatic rings. The first kappa shape index (κ1) is 15.1. The number of nitrogens with two attached hydrogens (primary N) is 1. The van der Waals surface area contributed by atoms with Crippen LogP contribution in [0.25, 0.3) is 26.1 Å². The van der Waals surface area contributed by atoms with Gasteiger partial charge in [-0.3, -0.25) is 9.36 Å². The highest BCUT2D eigenvalue weighted by atomic mass is 32.1. The molecule has 0 radical (unpaired) electrons. The van der Waals surface area contributed by atoms with Crippen molar-refractivity contribution in [3.8, 4) is 17.5 Å². The lowest BCUT2D eigenvalue weighted by atomic mass is 10.2. The molecular formula is C17H11N5O2S. The van der Waals surface area contributed by atoms with Crippen LogP contribution in [0.5, 0.6) is 5.75 Å². The van der Waals surface area contributed by atoms with Crippen LogP contribution < -0.4 is 16.0 Å². The number of pyridine rings is 1. The fourth-order valence-corrected chi connectivity index (χ4v) is 3.68. The van der Waals surface area contributed by atoms with Gasteiger partial charge in [0.05, 0.1) is 29.4 Å². The van der Waals surface area contributed by atoms with E-state index in [1.165, 1.54) is 28.4 Å². The van der Waals surface area contributed by atoms with Gasteiger partial charge >= 0.3 is 0 Å². The first-order valence-corrected chi connectivity index (χ1v) is 8.08. The summed E-state index contributed by atoms with van der Waals surface area (Å²) in [6, 6.07) is 9.10. The number of methoxy groups -OCH3 is 1. The van der Waals surface area contributed by atoms with Gasteiger partial charge in [-0.1, -0.05) is 0 Å². The molecule has 0 unspecified atom stereocenters. The Kier molecular flexibility index (Phi) is 3.37. The molecule has 0 saturated carbocycles. The van der Waals surface area contributed by atoms with Gasteiger partial charge in [0.25, 0.3) is 5.56 Å². The number of ether oxygens (including phenoxy) is 1. The van der Waals surface area contributed by atoms with E-state index in [0.717, 1.165) is 0 Å². The fraction of sp³-hybridized carbons (Fsp3) is 0.0588. The molecule has 0 spiro atoms. The molecule has 25 heavy (non-hydrogen) atoms. The van der Waals surface area contributed by atoms with Gasteiger partial charge in [0, 0.05) is 6.20 Å². The Balaban J connectivity index is 2.00. The summed E-state index contributed by atoms with van der Waals surface area (Å²) in [5.41, 5.74) is 7.56. The Bertz CT molecular complexity index is 1220. The minimum Gasteiger partial charge on any atom is -0.497 e. The van der Waals surface area contributed by atoms with Crippen molar-refractivity contribution in [1.29, 1.82) is 5.26 Å². The maximum Gasteiger partial charge on any atom is 0.275 e. The normalized spacial score (nSPS) is 10.9. The molecule has 3 aromatic heterocycles. The SMILES string of the molecule is COc1ccc(-n2cnc3c(sc4ncc(C#N)c(N)c43)c2=O)cc1. The van der Waals surface area contributed by atoms with Gasteiger partial charge in [-0.05, 0) is 24.3 Å². The van der Waals surface area contributed by atoms with Crippen LogP contribution >= 0.6 is 11.3 Å². The Morgan fingerprint density at radius 1 is 1.28 bits per heavy atom. The molecule has 3 heterocycles. The Morgan fingerprint density at radius 3 is 2.72 bits per heavy atom. The van der Waals surface area contributed by atoms with Crippen molar-refractivity contribution >= 4 is 37.5 Å². The van der Waals surface area contributed by atoms with Crippen LogP contribution in [-0.4, -0.2) is 21.6 Å². The number of nitriles is 1. The molecule has 0 amide bonds. The number of thiophene rings is 1. The van der Waals surface area contributed by atoms with Gasteiger partial charge in [-0.2, -0.15) is 5.26 Å². The highest BCUT2D eigenvalue weighted by molar-refractivity contribution is 7.25. The number of hydrogen-bond donors (Lipinski definition) is 1. The zero-order chi connectivity index (χ0) is 17.6. The molecule has 7 nitrogen and oxygen atoms in total. The standard InChI is InChI=1S/C17H11N5O2S/c1-24-11-4-2-10(3-5-11)22-8-21-14-12-13(19)9(6-18)7-20-16(12)25-15(14)17(22)23/h2-5,7-8H,1H3,(H2,19,20). The fourth-order valence-electron chi connectivity index (χ4n) is 2.63. The number of hydrogen-bond acceptors (Lipinski definition) is 7. The number of fused-ring (bicyclic) bond motifs is 3. The lowest BCUT2D eigenvalue weighted by Crippen LogP contribution is -2.17. The monoisotopic (exact) mass is 349 g/mol. The van der Waals surface area contributed by atoms with Crippen molar-refractivity contribution in [3.05, 3.63) is 52.7 Å². The summed E-state index contributed by atoms with van der Waals surface area (Å²) in [7, 11) is 1.58. The predicted molar refractivity (Wildman–Crippen MR) is 96.2 cm³/mol. The van der Waals surface area contributed by atoms with Crippen LogP contribution in [0.1, 0.15) is 5.56 Å². The Labute approximate surface area is 145 Å². The molecule has 0 saturated heterocycles. The van der Waals surface area contributed by atoms with Crippen molar-refractivity contribution in [1.82, 2.24) is 14.5 Å². The van der Waals surface area contributed by atoms with Gasteiger partial charge in [-0.15, -0.1) is 11.3 Å². The number of nitrogen functional groups attached to an aromatic ring is 1. The molecule has 0 bridgehead atoms. The van der Waals surface area contributed by atoms with E-state index in [0.29, 0.717) is 37.6 Å². The molecule has 0 atom stereocenters. The summed E-state index contributed by atoms with van der Waals surface area (Å²) in [5.74, 6) is 0.703. The van der Waals surface area contributed by atoms with E-state index in [4.69, 9.17) is 15.7 Å². The second-order valence-electron chi connectivity index (χ2n) is 5.28. The minimum atomic E-state index is -0.212. The van der Waals surface area contributed by atoms with Crippen molar-refractivity contribution in [2.75, 3.05) is 12.8 Å². The average Bonchev–Trinajstić information content (AvgIpc) is 3.03. The molecule has 2 N–H and O–H groups in total. The maximum atomic E-state index is 12.9. The smallest absolute Gasteiger partial charge is 0.275 e. The van der Waals surface area contributed by atoms with Crippen LogP contribution in [-0.2, 0) is 0 Å². The number of benzene rings is 1. The zero-order valence-corrected chi connectivity index (χ0v) is 13.9. The lowest BCUT2D eigenvalue weighted by Gasteiger charge is -2.06. The van der Waals surface area contributed by atoms with Gasteiger partial charge in [0.1, 0.15) is 33.2 Å². The van der Waals surface area contributed by atoms with E-state index in [1.807, 2.05) is 6.07 Å². The van der Waals surface area contributed by atoms with Crippen LogP contribution in [0.2, 0.25) is 0 Å². The molecule has 8 heteroatoms. The molecule has 0 aliphatic heterocycles. The summed E-state index contributed by atoms with van der Waals surface area (Å²) in [6.07, 6.45) is 2.87. The van der Waals surface area contributed by atoms with Crippen LogP contribution in [0.3, 0.4) is 0 Å². The quantitative estimate of drug-likeness (QED) is 0.596. The van der Waals surface area contributed by atoms with Crippen molar-refractivity contribution in [2.24, 2.45) is 0 Å². The number of nitrogens with zero attached hydrogens (tertiary/aromatic N) is 4. The predicted octanol–water partition coefficient (Wildman–Crippen LogP) is 2.46. The van der Waals surface area contributed by atoms with E-state index in [2.05, 4.69) is 9.97 Å². The Hall–Kier alpha value is -3.44. The highest BCUT2D eigenvalue weighted by Crippen LogP contribution is 2.34. The first-order valence-electron chi connectivity index (χ1n) is 7.27. The van der Waals surface area contributed by atoms with Crippen LogP contribution in [0, 0.1) is 11.3 Å². The van der Waals surface area contributed by atoms with E-state index in [-0.39, 0.29) is 11.1 Å². The van der Waals surface area contributed by atoms with E-state index in [9.17, 15) is 4.79 Å². The first-order chi connectivity index (χ1) is 12.1. The Morgan fingerprint density at radius 2 is 2.04 bits per heavy atom. The number of rotatable bonds is 2. The second kappa shape index (κ2) is 5.58. The summed E-state index contributed by atoms with van der Waals surface area (Å²) in [4.78, 5) is 22.1. The van der Waals surface area contributed by atoms with E-state index in [1.54, 1.807) is 31.4 Å². The van der Waals surface area contributed by atoms with Gasteiger partial charge in [-0.25, -0.2) is 9.97 Å². The summed E-state index contributed by atoms with van der Waals surface area (Å²) >= 11 is 1.22. The minimum absolute atomic E-state index is 0.212. The van der Waals surface area contributed by atoms with Gasteiger partial charge < -0.3 is 10.5 Å². The molecule has 0 fully saturated rings. The largest absolute Gasteiger partial charge is 0.497 e. The summed E-state index contributed by atoms with van der Waals surface area (Å²) in [6.45, 7) is 0. The number of anilines is 1. The van der Waals surface area contributed by atoms with Gasteiger partial charge in [0.2, 0.25) is 0 Å². The third-order valence-corrected chi connectivity index (χ3v) is 5.00. The van der Waals surface area contributed by atoms with Crippen molar-refractivity contribution < 1.29 is 4.74 Å². The summed E-state index contributed by atoms with van der Waals surface area (Å²) in [5, 5.41) is 9.67. The lowest BCUT2D eigenvalue weighted by molar-refractivity contribution is 0.414. The molecule has 0 aliphatic carbocycles. The molecule has 1 aromatic carbocycles. The van der Waals surface area contributed by atoms with Crippen molar-refractivity contribution in [2.45, 2.75) is 0 Å². The average molecular weight is 349 g/mol. The molecule has 122 valence electrons. The third-order valence-electron chi connectivity index (χ3n) is 3.92. The molecular weight excluding hydrogens is 338 g/mol. The molecule has 4 rings (SSSR count). The van der Waals surface area contributed by atoms with Gasteiger partial charge in [0.15, 0.2) is 0 Å². The van der Waals surface area contributed by atoms with Crippen LogP contribution in [0.4, 0.5) is 5.69 Å².